The van der Waals surface area contributed by atoms with Crippen LogP contribution in [0.2, 0.25) is 0 Å². The molecule has 0 atom stereocenters. The number of phenolic OH excluding ortho intramolecular Hbond substituents is 1. The minimum absolute atomic E-state index is 0.322. The first-order chi connectivity index (χ1) is 9.70. The van der Waals surface area contributed by atoms with E-state index in [2.05, 4.69) is 38.1 Å². The van der Waals surface area contributed by atoms with Crippen LogP contribution in [0.4, 0.5) is 0 Å². The Bertz CT molecular complexity index is 383. The third-order valence-electron chi connectivity index (χ3n) is 2.22. The fourth-order valence-corrected chi connectivity index (χ4v) is 1.27. The molecule has 0 aromatic heterocycles. The third-order valence-corrected chi connectivity index (χ3v) is 2.22. The summed E-state index contributed by atoms with van der Waals surface area (Å²) in [6.07, 6.45) is 0. The van der Waals surface area contributed by atoms with Crippen molar-refractivity contribution in [3.63, 3.8) is 0 Å². The molecule has 112 valence electrons. The normalized spacial score (nSPS) is 8.15. The van der Waals surface area contributed by atoms with E-state index in [0.29, 0.717) is 11.7 Å². The highest BCUT2D eigenvalue weighted by molar-refractivity contribution is 5.18. The van der Waals surface area contributed by atoms with Crippen LogP contribution >= 0.6 is 0 Å². The van der Waals surface area contributed by atoms with Crippen molar-refractivity contribution in [3.05, 3.63) is 66.2 Å². The lowest BCUT2D eigenvalue weighted by molar-refractivity contribution is 0.399. The van der Waals surface area contributed by atoms with Crippen molar-refractivity contribution >= 4 is 0 Å². The molecule has 0 aliphatic rings. The van der Waals surface area contributed by atoms with E-state index >= 15 is 0 Å². The van der Waals surface area contributed by atoms with E-state index in [1.807, 2.05) is 26.0 Å². The van der Waals surface area contributed by atoms with Crippen molar-refractivity contribution in [2.75, 3.05) is 7.11 Å². The summed E-state index contributed by atoms with van der Waals surface area (Å²) >= 11 is 0. The fourth-order valence-electron chi connectivity index (χ4n) is 1.27. The van der Waals surface area contributed by atoms with Crippen LogP contribution < -0.4 is 0 Å². The van der Waals surface area contributed by atoms with Gasteiger partial charge in [0, 0.05) is 7.11 Å². The minimum Gasteiger partial charge on any atom is -0.508 e. The van der Waals surface area contributed by atoms with Gasteiger partial charge in [-0.1, -0.05) is 76.2 Å². The van der Waals surface area contributed by atoms with Crippen LogP contribution in [0.3, 0.4) is 0 Å². The van der Waals surface area contributed by atoms with Gasteiger partial charge in [-0.05, 0) is 23.6 Å². The van der Waals surface area contributed by atoms with Gasteiger partial charge in [0.15, 0.2) is 0 Å². The monoisotopic (exact) mass is 276 g/mol. The maximum Gasteiger partial charge on any atom is 0.115 e. The van der Waals surface area contributed by atoms with Crippen LogP contribution in [0, 0.1) is 0 Å². The van der Waals surface area contributed by atoms with Crippen LogP contribution in [0.5, 0.6) is 5.75 Å². The summed E-state index contributed by atoms with van der Waals surface area (Å²) in [6.45, 7) is 8.41. The fraction of sp³-hybridized carbons (Fsp3) is 0.333. The molecule has 0 saturated carbocycles. The van der Waals surface area contributed by atoms with Gasteiger partial charge in [-0.25, -0.2) is 0 Å². The number of hydrogen-bond donors (Lipinski definition) is 2. The second-order valence-corrected chi connectivity index (χ2v) is 3.90. The first-order valence-corrected chi connectivity index (χ1v) is 6.94. The minimum atomic E-state index is 0.322. The lowest BCUT2D eigenvalue weighted by atomic mass is 10.0. The van der Waals surface area contributed by atoms with Gasteiger partial charge >= 0.3 is 0 Å². The highest BCUT2D eigenvalue weighted by atomic mass is 16.3. The summed E-state index contributed by atoms with van der Waals surface area (Å²) in [4.78, 5) is 0. The number of rotatable bonds is 1. The molecule has 0 unspecified atom stereocenters. The Morgan fingerprint density at radius 1 is 0.700 bits per heavy atom. The second kappa shape index (κ2) is 15.3. The van der Waals surface area contributed by atoms with Gasteiger partial charge < -0.3 is 10.2 Å². The highest BCUT2D eigenvalue weighted by Crippen LogP contribution is 2.11. The summed E-state index contributed by atoms with van der Waals surface area (Å²) in [7, 11) is 1.00. The summed E-state index contributed by atoms with van der Waals surface area (Å²) in [6, 6.07) is 19.2. The van der Waals surface area contributed by atoms with E-state index in [1.54, 1.807) is 24.3 Å². The predicted molar refractivity (Wildman–Crippen MR) is 88.1 cm³/mol. The molecule has 2 heteroatoms. The lowest BCUT2D eigenvalue weighted by Crippen LogP contribution is -1.83. The van der Waals surface area contributed by atoms with Gasteiger partial charge in [0.05, 0.1) is 0 Å². The molecule has 2 rings (SSSR count). The van der Waals surface area contributed by atoms with Crippen LogP contribution in [0.25, 0.3) is 0 Å². The first kappa shape index (κ1) is 20.5. The molecule has 0 spiro atoms. The van der Waals surface area contributed by atoms with Crippen molar-refractivity contribution in [2.45, 2.75) is 33.6 Å². The quantitative estimate of drug-likeness (QED) is 0.782. The summed E-state index contributed by atoms with van der Waals surface area (Å²) in [5, 5.41) is 15.6. The van der Waals surface area contributed by atoms with Gasteiger partial charge in [-0.3, -0.25) is 0 Å². The van der Waals surface area contributed by atoms with E-state index in [0.717, 1.165) is 7.11 Å². The Morgan fingerprint density at radius 3 is 1.25 bits per heavy atom. The van der Waals surface area contributed by atoms with Crippen molar-refractivity contribution < 1.29 is 10.2 Å². The molecular weight excluding hydrogens is 248 g/mol. The molecule has 2 N–H and O–H groups in total. The molecular formula is C18H28O2. The number of aliphatic hydroxyl groups is 1. The number of aliphatic hydroxyl groups excluding tert-OH is 1. The van der Waals surface area contributed by atoms with Crippen molar-refractivity contribution in [1.29, 1.82) is 0 Å². The molecule has 0 fully saturated rings. The lowest BCUT2D eigenvalue weighted by Gasteiger charge is -2.01. The van der Waals surface area contributed by atoms with Crippen LogP contribution in [-0.4, -0.2) is 17.3 Å². The molecule has 0 aliphatic heterocycles. The Labute approximate surface area is 123 Å². The van der Waals surface area contributed by atoms with Gasteiger partial charge in [0.1, 0.15) is 5.75 Å². The van der Waals surface area contributed by atoms with Crippen molar-refractivity contribution in [3.8, 4) is 5.75 Å². The molecule has 0 heterocycles. The number of aromatic hydroxyl groups is 1. The SMILES string of the molecule is CC.CC(C)c1ccccc1.CO.Oc1ccccc1. The van der Waals surface area contributed by atoms with E-state index in [4.69, 9.17) is 10.2 Å². The van der Waals surface area contributed by atoms with E-state index in [1.165, 1.54) is 5.56 Å². The average Bonchev–Trinajstić information content (AvgIpc) is 2.53. The largest absolute Gasteiger partial charge is 0.508 e. The number of hydrogen-bond acceptors (Lipinski definition) is 2. The van der Waals surface area contributed by atoms with Gasteiger partial charge in [-0.2, -0.15) is 0 Å². The molecule has 0 amide bonds. The predicted octanol–water partition coefficient (Wildman–Crippen LogP) is 4.84. The number of para-hydroxylation sites is 1. The highest BCUT2D eigenvalue weighted by Gasteiger charge is 1.93. The molecule has 0 saturated heterocycles. The van der Waals surface area contributed by atoms with Gasteiger partial charge in [-0.15, -0.1) is 0 Å². The zero-order valence-electron chi connectivity index (χ0n) is 13.2. The van der Waals surface area contributed by atoms with Crippen molar-refractivity contribution in [1.82, 2.24) is 0 Å². The molecule has 2 aromatic carbocycles. The zero-order valence-corrected chi connectivity index (χ0v) is 13.2. The second-order valence-electron chi connectivity index (χ2n) is 3.90. The van der Waals surface area contributed by atoms with Gasteiger partial charge in [0.2, 0.25) is 0 Å². The maximum atomic E-state index is 8.63. The Hall–Kier alpha value is -1.80. The standard InChI is InChI=1S/C9H12.C6H6O.C2H6.CH4O/c1-8(2)9-6-4-3-5-7-9;7-6-4-2-1-3-5-6;2*1-2/h3-8H,1-2H3;1-5,7H;1-2H3;2H,1H3. The summed E-state index contributed by atoms with van der Waals surface area (Å²) < 4.78 is 0. The molecule has 2 nitrogen and oxygen atoms in total. The molecule has 0 radical (unpaired) electrons. The third kappa shape index (κ3) is 11.3. The van der Waals surface area contributed by atoms with Crippen LogP contribution in [0.1, 0.15) is 39.2 Å². The first-order valence-electron chi connectivity index (χ1n) is 6.94. The van der Waals surface area contributed by atoms with Crippen LogP contribution in [-0.2, 0) is 0 Å². The Balaban J connectivity index is 0. The van der Waals surface area contributed by atoms with Gasteiger partial charge in [0.25, 0.3) is 0 Å². The van der Waals surface area contributed by atoms with E-state index < -0.39 is 0 Å². The number of phenols is 1. The van der Waals surface area contributed by atoms with E-state index in [9.17, 15) is 0 Å². The smallest absolute Gasteiger partial charge is 0.115 e. The molecule has 0 aliphatic carbocycles. The molecule has 20 heavy (non-hydrogen) atoms. The van der Waals surface area contributed by atoms with Crippen molar-refractivity contribution in [2.24, 2.45) is 0 Å². The Kier molecular flexibility index (Phi) is 15.7. The number of benzene rings is 2. The zero-order chi connectivity index (χ0) is 15.8. The topological polar surface area (TPSA) is 40.5 Å². The summed E-state index contributed by atoms with van der Waals surface area (Å²) in [5.74, 6) is 0.980. The van der Waals surface area contributed by atoms with E-state index in [-0.39, 0.29) is 0 Å². The average molecular weight is 276 g/mol. The molecule has 0 bridgehead atoms. The maximum absolute atomic E-state index is 8.63. The Morgan fingerprint density at radius 2 is 1.05 bits per heavy atom. The molecule has 2 aromatic rings. The summed E-state index contributed by atoms with van der Waals surface area (Å²) in [5.41, 5.74) is 1.41. The van der Waals surface area contributed by atoms with Crippen LogP contribution in [0.15, 0.2) is 60.7 Å².